The summed E-state index contributed by atoms with van der Waals surface area (Å²) >= 11 is 0. The Morgan fingerprint density at radius 3 is 2.65 bits per heavy atom. The van der Waals surface area contributed by atoms with Crippen molar-refractivity contribution in [3.8, 4) is 0 Å². The number of rotatable bonds is 4. The van der Waals surface area contributed by atoms with Gasteiger partial charge in [-0.3, -0.25) is 14.2 Å². The van der Waals surface area contributed by atoms with Crippen molar-refractivity contribution in [2.45, 2.75) is 19.8 Å². The van der Waals surface area contributed by atoms with Gasteiger partial charge in [0.05, 0.1) is 12.1 Å². The van der Waals surface area contributed by atoms with Gasteiger partial charge in [-0.2, -0.15) is 10.2 Å². The number of hydrogen-bond acceptors (Lipinski definition) is 3. The van der Waals surface area contributed by atoms with Crippen molar-refractivity contribution in [1.82, 2.24) is 19.6 Å². The fourth-order valence-electron chi connectivity index (χ4n) is 1.81. The number of Topliss-reactive ketones (excluding diaryl/α,β-unsaturated/α-hetero) is 1. The minimum atomic E-state index is 0.0654. The highest BCUT2D eigenvalue weighted by molar-refractivity contribution is 5.95. The molecule has 0 saturated carbocycles. The summed E-state index contributed by atoms with van der Waals surface area (Å²) in [5.74, 6) is 0.0654. The number of hydrogen-bond donors (Lipinski definition) is 0. The van der Waals surface area contributed by atoms with E-state index >= 15 is 0 Å². The van der Waals surface area contributed by atoms with Crippen LogP contribution in [0.5, 0.6) is 0 Å². The highest BCUT2D eigenvalue weighted by atomic mass is 16.1. The molecule has 0 aliphatic heterocycles. The Bertz CT molecular complexity index is 538. The van der Waals surface area contributed by atoms with E-state index in [-0.39, 0.29) is 5.78 Å². The number of aryl methyl sites for hydroxylation is 3. The van der Waals surface area contributed by atoms with E-state index in [1.807, 2.05) is 13.1 Å². The Balaban J connectivity index is 2.18. The van der Waals surface area contributed by atoms with Gasteiger partial charge in [-0.25, -0.2) is 0 Å². The highest BCUT2D eigenvalue weighted by Crippen LogP contribution is 2.08. The van der Waals surface area contributed by atoms with Crippen LogP contribution in [0.2, 0.25) is 0 Å². The van der Waals surface area contributed by atoms with Gasteiger partial charge < -0.3 is 0 Å². The maximum atomic E-state index is 12.0. The summed E-state index contributed by atoms with van der Waals surface area (Å²) in [6.45, 7) is 2.05. The Morgan fingerprint density at radius 2 is 2.12 bits per heavy atom. The Labute approximate surface area is 100 Å². The van der Waals surface area contributed by atoms with E-state index in [1.54, 1.807) is 28.7 Å². The Kier molecular flexibility index (Phi) is 3.08. The second-order valence-electron chi connectivity index (χ2n) is 4.04. The average molecular weight is 232 g/mol. The Morgan fingerprint density at radius 1 is 1.35 bits per heavy atom. The fourth-order valence-corrected chi connectivity index (χ4v) is 1.81. The molecule has 0 amide bonds. The molecule has 0 unspecified atom stereocenters. The van der Waals surface area contributed by atoms with E-state index in [0.717, 1.165) is 17.8 Å². The van der Waals surface area contributed by atoms with Crippen molar-refractivity contribution in [3.05, 3.63) is 35.4 Å². The molecular weight excluding hydrogens is 216 g/mol. The molecule has 0 bridgehead atoms. The fraction of sp³-hybridized carbons (Fsp3) is 0.417. The van der Waals surface area contributed by atoms with E-state index in [4.69, 9.17) is 0 Å². The van der Waals surface area contributed by atoms with Crippen molar-refractivity contribution in [1.29, 1.82) is 0 Å². The minimum absolute atomic E-state index is 0.0654. The van der Waals surface area contributed by atoms with Gasteiger partial charge in [0.2, 0.25) is 0 Å². The summed E-state index contributed by atoms with van der Waals surface area (Å²) in [5, 5.41) is 8.32. The summed E-state index contributed by atoms with van der Waals surface area (Å²) in [6.07, 6.45) is 2.88. The smallest absolute Gasteiger partial charge is 0.186 e. The van der Waals surface area contributed by atoms with Crippen LogP contribution in [0.25, 0.3) is 0 Å². The van der Waals surface area contributed by atoms with Gasteiger partial charge in [0.15, 0.2) is 5.78 Å². The largest absolute Gasteiger partial charge is 0.292 e. The number of ketones is 1. The van der Waals surface area contributed by atoms with Crippen LogP contribution in [0, 0.1) is 0 Å². The topological polar surface area (TPSA) is 52.7 Å². The van der Waals surface area contributed by atoms with Crippen LogP contribution in [-0.4, -0.2) is 25.3 Å². The lowest BCUT2D eigenvalue weighted by molar-refractivity contribution is 0.0981. The lowest BCUT2D eigenvalue weighted by atomic mass is 10.1. The van der Waals surface area contributed by atoms with E-state index in [2.05, 4.69) is 17.1 Å². The molecule has 90 valence electrons. The molecular formula is C12H16N4O. The second kappa shape index (κ2) is 4.53. The molecule has 0 saturated heterocycles. The number of nitrogens with zero attached hydrogens (tertiary/aromatic N) is 4. The molecule has 5 heteroatoms. The molecule has 2 aromatic rings. The van der Waals surface area contributed by atoms with Gasteiger partial charge in [-0.15, -0.1) is 0 Å². The minimum Gasteiger partial charge on any atom is -0.292 e. The molecule has 0 fully saturated rings. The number of carbonyl (C=O) groups excluding carboxylic acids is 1. The maximum absolute atomic E-state index is 12.0. The zero-order valence-corrected chi connectivity index (χ0v) is 10.3. The van der Waals surface area contributed by atoms with E-state index < -0.39 is 0 Å². The lowest BCUT2D eigenvalue weighted by Gasteiger charge is -2.01. The molecule has 2 aromatic heterocycles. The Hall–Kier alpha value is -1.91. The summed E-state index contributed by atoms with van der Waals surface area (Å²) in [7, 11) is 3.64. The zero-order valence-electron chi connectivity index (χ0n) is 10.3. The van der Waals surface area contributed by atoms with Crippen LogP contribution in [0.4, 0.5) is 0 Å². The molecule has 0 aromatic carbocycles. The van der Waals surface area contributed by atoms with Crippen molar-refractivity contribution >= 4 is 5.78 Å². The monoisotopic (exact) mass is 232 g/mol. The second-order valence-corrected chi connectivity index (χ2v) is 4.04. The molecule has 0 atom stereocenters. The highest BCUT2D eigenvalue weighted by Gasteiger charge is 2.13. The first-order chi connectivity index (χ1) is 8.11. The van der Waals surface area contributed by atoms with Gasteiger partial charge in [-0.1, -0.05) is 6.92 Å². The normalized spacial score (nSPS) is 10.8. The van der Waals surface area contributed by atoms with Crippen molar-refractivity contribution in [3.63, 3.8) is 0 Å². The van der Waals surface area contributed by atoms with E-state index in [1.165, 1.54) is 0 Å². The van der Waals surface area contributed by atoms with Crippen molar-refractivity contribution in [2.75, 3.05) is 0 Å². The third kappa shape index (κ3) is 2.27. The van der Waals surface area contributed by atoms with Crippen molar-refractivity contribution < 1.29 is 4.79 Å². The van der Waals surface area contributed by atoms with Gasteiger partial charge >= 0.3 is 0 Å². The van der Waals surface area contributed by atoms with Crippen LogP contribution in [0.1, 0.15) is 28.8 Å². The van der Waals surface area contributed by atoms with E-state index in [0.29, 0.717) is 12.1 Å². The predicted molar refractivity (Wildman–Crippen MR) is 63.8 cm³/mol. The van der Waals surface area contributed by atoms with Crippen molar-refractivity contribution in [2.24, 2.45) is 14.1 Å². The first-order valence-corrected chi connectivity index (χ1v) is 5.64. The maximum Gasteiger partial charge on any atom is 0.186 e. The number of carbonyl (C=O) groups is 1. The van der Waals surface area contributed by atoms with Crippen LogP contribution < -0.4 is 0 Å². The van der Waals surface area contributed by atoms with Crippen LogP contribution in [0.3, 0.4) is 0 Å². The molecule has 0 N–H and O–H groups in total. The standard InChI is InChI=1S/C12H16N4O/c1-4-9-7-10(15(2)14-9)8-12(17)11-5-6-13-16(11)3/h5-7H,4,8H2,1-3H3. The third-order valence-electron chi connectivity index (χ3n) is 2.84. The molecule has 17 heavy (non-hydrogen) atoms. The molecule has 0 aliphatic carbocycles. The third-order valence-corrected chi connectivity index (χ3v) is 2.84. The SMILES string of the molecule is CCc1cc(CC(=O)c2ccnn2C)n(C)n1. The van der Waals surface area contributed by atoms with Gasteiger partial charge in [0, 0.05) is 26.0 Å². The summed E-state index contributed by atoms with van der Waals surface area (Å²) in [6, 6.07) is 3.72. The summed E-state index contributed by atoms with van der Waals surface area (Å²) in [5.41, 5.74) is 2.58. The van der Waals surface area contributed by atoms with Gasteiger partial charge in [0.1, 0.15) is 5.69 Å². The molecule has 0 spiro atoms. The van der Waals surface area contributed by atoms with Crippen LogP contribution in [-0.2, 0) is 26.9 Å². The average Bonchev–Trinajstić information content (AvgIpc) is 2.86. The van der Waals surface area contributed by atoms with Crippen LogP contribution >= 0.6 is 0 Å². The van der Waals surface area contributed by atoms with E-state index in [9.17, 15) is 4.79 Å². The summed E-state index contributed by atoms with van der Waals surface area (Å²) < 4.78 is 3.37. The van der Waals surface area contributed by atoms with Gasteiger partial charge in [-0.05, 0) is 18.6 Å². The molecule has 2 rings (SSSR count). The zero-order chi connectivity index (χ0) is 12.4. The molecule has 2 heterocycles. The molecule has 0 radical (unpaired) electrons. The quantitative estimate of drug-likeness (QED) is 0.743. The first kappa shape index (κ1) is 11.6. The first-order valence-electron chi connectivity index (χ1n) is 5.64. The lowest BCUT2D eigenvalue weighted by Crippen LogP contribution is -2.12. The number of aromatic nitrogens is 4. The van der Waals surface area contributed by atoms with Gasteiger partial charge in [0.25, 0.3) is 0 Å². The predicted octanol–water partition coefficient (Wildman–Crippen LogP) is 1.14. The summed E-state index contributed by atoms with van der Waals surface area (Å²) in [4.78, 5) is 12.0. The molecule has 0 aliphatic rings. The van der Waals surface area contributed by atoms with Crippen LogP contribution in [0.15, 0.2) is 18.3 Å². The molecule has 5 nitrogen and oxygen atoms in total.